The number of unbranched alkanes of at least 4 members (excludes halogenated alkanes) is 2. The molecule has 0 atom stereocenters. The summed E-state index contributed by atoms with van der Waals surface area (Å²) in [5.41, 5.74) is 0.398. The van der Waals surface area contributed by atoms with E-state index in [1.165, 1.54) is 24.9 Å². The van der Waals surface area contributed by atoms with Crippen molar-refractivity contribution in [1.82, 2.24) is 10.2 Å². The summed E-state index contributed by atoms with van der Waals surface area (Å²) in [5, 5.41) is 12.3. The third-order valence-electron chi connectivity index (χ3n) is 3.33. The van der Waals surface area contributed by atoms with Gasteiger partial charge in [-0.1, -0.05) is 31.1 Å². The molecule has 0 aliphatic carbocycles. The number of nitrogens with one attached hydrogen (secondary N) is 1. The standard InChI is InChI=1S/C16H21N3O3S/c1-4-5-6-7-14-18-19-16(23-14)17-15(20)12-10-11(21-2)8-9-13(12)22-3/h8-10H,4-7H2,1-3H3,(H,17,19,20). The van der Waals surface area contributed by atoms with Gasteiger partial charge in [0.2, 0.25) is 5.13 Å². The maximum atomic E-state index is 12.4. The van der Waals surface area contributed by atoms with Gasteiger partial charge in [0.05, 0.1) is 19.8 Å². The number of benzene rings is 1. The fourth-order valence-corrected chi connectivity index (χ4v) is 2.86. The number of hydrogen-bond acceptors (Lipinski definition) is 6. The van der Waals surface area contributed by atoms with E-state index in [2.05, 4.69) is 22.4 Å². The normalized spacial score (nSPS) is 10.4. The second-order valence-corrected chi connectivity index (χ2v) is 6.04. The molecule has 0 saturated carbocycles. The fraction of sp³-hybridized carbons (Fsp3) is 0.438. The molecule has 1 aromatic heterocycles. The third-order valence-corrected chi connectivity index (χ3v) is 4.23. The summed E-state index contributed by atoms with van der Waals surface area (Å²) in [7, 11) is 3.08. The molecule has 0 bridgehead atoms. The van der Waals surface area contributed by atoms with Crippen LogP contribution in [0.2, 0.25) is 0 Å². The molecule has 2 rings (SSSR count). The monoisotopic (exact) mass is 335 g/mol. The van der Waals surface area contributed by atoms with Crippen LogP contribution in [0.5, 0.6) is 11.5 Å². The number of methoxy groups -OCH3 is 2. The van der Waals surface area contributed by atoms with Gasteiger partial charge in [-0.05, 0) is 24.6 Å². The zero-order valence-corrected chi connectivity index (χ0v) is 14.4. The van der Waals surface area contributed by atoms with Gasteiger partial charge < -0.3 is 9.47 Å². The van der Waals surface area contributed by atoms with Crippen molar-refractivity contribution >= 4 is 22.4 Å². The van der Waals surface area contributed by atoms with Crippen molar-refractivity contribution in [2.24, 2.45) is 0 Å². The molecule has 0 spiro atoms. The lowest BCUT2D eigenvalue weighted by Gasteiger charge is -2.09. The molecule has 2 aromatic rings. The molecule has 124 valence electrons. The van der Waals surface area contributed by atoms with Crippen LogP contribution in [0.25, 0.3) is 0 Å². The Bertz CT molecular complexity index is 658. The number of ether oxygens (including phenoxy) is 2. The molecular weight excluding hydrogens is 314 g/mol. The van der Waals surface area contributed by atoms with Crippen molar-refractivity contribution in [2.75, 3.05) is 19.5 Å². The van der Waals surface area contributed by atoms with Gasteiger partial charge in [-0.25, -0.2) is 0 Å². The lowest BCUT2D eigenvalue weighted by molar-refractivity contribution is 0.102. The summed E-state index contributed by atoms with van der Waals surface area (Å²) in [6, 6.07) is 5.08. The van der Waals surface area contributed by atoms with Crippen LogP contribution in [-0.2, 0) is 6.42 Å². The second kappa shape index (κ2) is 8.47. The predicted molar refractivity (Wildman–Crippen MR) is 90.6 cm³/mol. The molecule has 0 saturated heterocycles. The Morgan fingerprint density at radius 3 is 2.74 bits per heavy atom. The van der Waals surface area contributed by atoms with Gasteiger partial charge in [0, 0.05) is 6.42 Å². The van der Waals surface area contributed by atoms with Crippen molar-refractivity contribution < 1.29 is 14.3 Å². The average molecular weight is 335 g/mol. The van der Waals surface area contributed by atoms with Crippen LogP contribution in [-0.4, -0.2) is 30.3 Å². The zero-order chi connectivity index (χ0) is 16.7. The Hall–Kier alpha value is -2.15. The maximum absolute atomic E-state index is 12.4. The number of nitrogens with zero attached hydrogens (tertiary/aromatic N) is 2. The maximum Gasteiger partial charge on any atom is 0.261 e. The fourth-order valence-electron chi connectivity index (χ4n) is 2.09. The first kappa shape index (κ1) is 17.2. The van der Waals surface area contributed by atoms with Crippen LogP contribution in [0.4, 0.5) is 5.13 Å². The van der Waals surface area contributed by atoms with Crippen LogP contribution in [0.15, 0.2) is 18.2 Å². The lowest BCUT2D eigenvalue weighted by Crippen LogP contribution is -2.13. The zero-order valence-electron chi connectivity index (χ0n) is 13.6. The summed E-state index contributed by atoms with van der Waals surface area (Å²) in [5.74, 6) is 0.779. The number of rotatable bonds is 8. The Kier molecular flexibility index (Phi) is 6.34. The lowest BCUT2D eigenvalue weighted by atomic mass is 10.2. The number of carbonyl (C=O) groups excluding carboxylic acids is 1. The van der Waals surface area contributed by atoms with E-state index in [1.54, 1.807) is 25.3 Å². The predicted octanol–water partition coefficient (Wildman–Crippen LogP) is 3.54. The van der Waals surface area contributed by atoms with Crippen LogP contribution < -0.4 is 14.8 Å². The summed E-state index contributed by atoms with van der Waals surface area (Å²) >= 11 is 1.40. The van der Waals surface area contributed by atoms with Crippen LogP contribution in [0, 0.1) is 0 Å². The number of aromatic nitrogens is 2. The molecular formula is C16H21N3O3S. The Morgan fingerprint density at radius 1 is 1.22 bits per heavy atom. The average Bonchev–Trinajstić information content (AvgIpc) is 3.01. The molecule has 1 amide bonds. The molecule has 0 fully saturated rings. The van der Waals surface area contributed by atoms with Gasteiger partial charge in [-0.3, -0.25) is 10.1 Å². The second-order valence-electron chi connectivity index (χ2n) is 4.98. The first-order valence-electron chi connectivity index (χ1n) is 7.53. The van der Waals surface area contributed by atoms with Gasteiger partial charge in [0.25, 0.3) is 5.91 Å². The summed E-state index contributed by atoms with van der Waals surface area (Å²) in [6.45, 7) is 2.16. The van der Waals surface area contributed by atoms with E-state index >= 15 is 0 Å². The number of anilines is 1. The van der Waals surface area contributed by atoms with E-state index in [4.69, 9.17) is 9.47 Å². The first-order valence-corrected chi connectivity index (χ1v) is 8.35. The van der Waals surface area contributed by atoms with Gasteiger partial charge in [-0.15, -0.1) is 10.2 Å². The Labute approximate surface area is 139 Å². The van der Waals surface area contributed by atoms with E-state index in [0.717, 1.165) is 24.3 Å². The molecule has 0 aliphatic heterocycles. The minimum absolute atomic E-state index is 0.294. The number of hydrogen-bond donors (Lipinski definition) is 1. The molecule has 0 radical (unpaired) electrons. The van der Waals surface area contributed by atoms with Gasteiger partial charge in [0.1, 0.15) is 16.5 Å². The van der Waals surface area contributed by atoms with E-state index in [0.29, 0.717) is 22.2 Å². The van der Waals surface area contributed by atoms with Gasteiger partial charge in [-0.2, -0.15) is 0 Å². The molecule has 0 unspecified atom stereocenters. The van der Waals surface area contributed by atoms with Crippen LogP contribution in [0.1, 0.15) is 41.6 Å². The molecule has 6 nitrogen and oxygen atoms in total. The number of aryl methyl sites for hydroxylation is 1. The first-order chi connectivity index (χ1) is 11.2. The van der Waals surface area contributed by atoms with E-state index in [1.807, 2.05) is 0 Å². The van der Waals surface area contributed by atoms with Crippen LogP contribution in [0.3, 0.4) is 0 Å². The van der Waals surface area contributed by atoms with E-state index in [-0.39, 0.29) is 5.91 Å². The Morgan fingerprint density at radius 2 is 2.04 bits per heavy atom. The number of amides is 1. The molecule has 7 heteroatoms. The van der Waals surface area contributed by atoms with E-state index < -0.39 is 0 Å². The van der Waals surface area contributed by atoms with Crippen molar-refractivity contribution in [3.63, 3.8) is 0 Å². The third kappa shape index (κ3) is 4.66. The molecule has 1 aromatic carbocycles. The minimum atomic E-state index is -0.294. The molecule has 1 heterocycles. The quantitative estimate of drug-likeness (QED) is 0.747. The van der Waals surface area contributed by atoms with Crippen molar-refractivity contribution in [3.8, 4) is 11.5 Å². The van der Waals surface area contributed by atoms with E-state index in [9.17, 15) is 4.79 Å². The SMILES string of the molecule is CCCCCc1nnc(NC(=O)c2cc(OC)ccc2OC)s1. The van der Waals surface area contributed by atoms with Gasteiger partial charge >= 0.3 is 0 Å². The smallest absolute Gasteiger partial charge is 0.261 e. The summed E-state index contributed by atoms with van der Waals surface area (Å²) in [6.07, 6.45) is 4.31. The highest BCUT2D eigenvalue weighted by molar-refractivity contribution is 7.15. The molecule has 1 N–H and O–H groups in total. The van der Waals surface area contributed by atoms with Crippen molar-refractivity contribution in [2.45, 2.75) is 32.6 Å². The molecule has 0 aliphatic rings. The number of carbonyl (C=O) groups is 1. The largest absolute Gasteiger partial charge is 0.497 e. The highest BCUT2D eigenvalue weighted by Gasteiger charge is 2.16. The minimum Gasteiger partial charge on any atom is -0.497 e. The molecule has 23 heavy (non-hydrogen) atoms. The highest BCUT2D eigenvalue weighted by atomic mass is 32.1. The van der Waals surface area contributed by atoms with Crippen LogP contribution >= 0.6 is 11.3 Å². The Balaban J connectivity index is 2.07. The summed E-state index contributed by atoms with van der Waals surface area (Å²) < 4.78 is 10.4. The van der Waals surface area contributed by atoms with Crippen molar-refractivity contribution in [1.29, 1.82) is 0 Å². The summed E-state index contributed by atoms with van der Waals surface area (Å²) in [4.78, 5) is 12.4. The van der Waals surface area contributed by atoms with Crippen molar-refractivity contribution in [3.05, 3.63) is 28.8 Å². The highest BCUT2D eigenvalue weighted by Crippen LogP contribution is 2.25. The topological polar surface area (TPSA) is 73.3 Å². The van der Waals surface area contributed by atoms with Gasteiger partial charge in [0.15, 0.2) is 0 Å².